The first-order chi connectivity index (χ1) is 20.6. The summed E-state index contributed by atoms with van der Waals surface area (Å²) in [6.45, 7) is 11.1. The van der Waals surface area contributed by atoms with Crippen molar-refractivity contribution in [1.29, 1.82) is 0 Å². The van der Waals surface area contributed by atoms with E-state index in [1.807, 2.05) is 6.92 Å². The van der Waals surface area contributed by atoms with Crippen molar-refractivity contribution in [2.24, 2.45) is 11.8 Å². The lowest BCUT2D eigenvalue weighted by molar-refractivity contribution is -0.148. The van der Waals surface area contributed by atoms with E-state index in [0.29, 0.717) is 19.4 Å². The maximum Gasteiger partial charge on any atom is 0.308 e. The van der Waals surface area contributed by atoms with Crippen LogP contribution in [0, 0.1) is 11.8 Å². The second kappa shape index (κ2) is 16.5. The molecular weight excluding hydrogens is 573 g/mol. The van der Waals surface area contributed by atoms with Gasteiger partial charge in [-0.25, -0.2) is 0 Å². The molecule has 234 valence electrons. The Balaban J connectivity index is 1.92. The molecule has 8 heteroatoms. The van der Waals surface area contributed by atoms with E-state index in [0.717, 1.165) is 0 Å². The van der Waals surface area contributed by atoms with Gasteiger partial charge in [-0.05, 0) is 54.0 Å². The maximum atomic E-state index is 12.3. The molecule has 1 unspecified atom stereocenters. The smallest absolute Gasteiger partial charge is 0.308 e. The van der Waals surface area contributed by atoms with Crippen molar-refractivity contribution in [2.45, 2.75) is 64.6 Å². The summed E-state index contributed by atoms with van der Waals surface area (Å²) in [7, 11) is 0.000590. The van der Waals surface area contributed by atoms with E-state index in [1.54, 1.807) is 14.2 Å². The van der Waals surface area contributed by atoms with E-state index < -0.39 is 16.6 Å². The minimum atomic E-state index is -2.82. The van der Waals surface area contributed by atoms with Gasteiger partial charge < -0.3 is 23.1 Å². The van der Waals surface area contributed by atoms with Crippen LogP contribution in [0.3, 0.4) is 0 Å². The number of rotatable bonds is 17. The second-order valence-electron chi connectivity index (χ2n) is 12.3. The highest BCUT2D eigenvalue weighted by atomic mass is 28.4. The molecular formula is C35H50O6Si2. The van der Waals surface area contributed by atoms with E-state index >= 15 is 0 Å². The van der Waals surface area contributed by atoms with E-state index in [4.69, 9.17) is 23.1 Å². The lowest BCUT2D eigenvalue weighted by Crippen LogP contribution is -2.69. The Kier molecular flexibility index (Phi) is 13.4. The Morgan fingerprint density at radius 1 is 0.674 bits per heavy atom. The van der Waals surface area contributed by atoms with Gasteiger partial charge in [0.1, 0.15) is 0 Å². The molecule has 0 N–H and O–H groups in total. The molecule has 0 saturated heterocycles. The molecule has 0 heterocycles. The molecule has 3 aromatic carbocycles. The molecule has 0 spiro atoms. The van der Waals surface area contributed by atoms with Crippen molar-refractivity contribution >= 4 is 38.2 Å². The van der Waals surface area contributed by atoms with E-state index in [2.05, 4.69) is 118 Å². The van der Waals surface area contributed by atoms with Crippen LogP contribution in [0.5, 0.6) is 0 Å². The summed E-state index contributed by atoms with van der Waals surface area (Å²) in [6.07, 6.45) is 0.276. The number of esters is 1. The Labute approximate surface area is 260 Å². The molecule has 0 amide bonds. The van der Waals surface area contributed by atoms with E-state index in [-0.39, 0.29) is 36.1 Å². The van der Waals surface area contributed by atoms with Crippen molar-refractivity contribution in [3.63, 3.8) is 0 Å². The molecule has 5 atom stereocenters. The van der Waals surface area contributed by atoms with Crippen LogP contribution in [0.2, 0.25) is 19.6 Å². The summed E-state index contributed by atoms with van der Waals surface area (Å²) in [6, 6.07) is 31.9. The fourth-order valence-corrected chi connectivity index (χ4v) is 10.8. The van der Waals surface area contributed by atoms with E-state index in [1.165, 1.54) is 22.7 Å². The fraction of sp³-hybridized carbons (Fsp3) is 0.457. The average molecular weight is 623 g/mol. The molecule has 0 bridgehead atoms. The lowest BCUT2D eigenvalue weighted by atomic mass is 9.93. The topological polar surface area (TPSA) is 63.2 Å². The fourth-order valence-electron chi connectivity index (χ4n) is 5.67. The third kappa shape index (κ3) is 9.44. The molecule has 0 aliphatic heterocycles. The predicted molar refractivity (Wildman–Crippen MR) is 179 cm³/mol. The predicted octanol–water partition coefficient (Wildman–Crippen LogP) is 5.15. The maximum absolute atomic E-state index is 12.3. The van der Waals surface area contributed by atoms with Gasteiger partial charge in [0.05, 0.1) is 31.3 Å². The van der Waals surface area contributed by atoms with Crippen molar-refractivity contribution in [2.75, 3.05) is 27.9 Å². The Morgan fingerprint density at radius 2 is 1.09 bits per heavy atom. The van der Waals surface area contributed by atoms with Crippen molar-refractivity contribution in [1.82, 2.24) is 0 Å². The summed E-state index contributed by atoms with van der Waals surface area (Å²) < 4.78 is 31.0. The average Bonchev–Trinajstić information content (AvgIpc) is 3.02. The summed E-state index contributed by atoms with van der Waals surface area (Å²) in [5.74, 6) is -0.431. The molecule has 3 rings (SSSR count). The quantitative estimate of drug-likeness (QED) is 0.118. The van der Waals surface area contributed by atoms with Gasteiger partial charge in [0.2, 0.25) is 0 Å². The standard InChI is InChI=1S/C35H50O6Si2/c1-27(24-32(37-3)34(41-42(6,7)8)33(38-4)25-28(2)35(36)39-5)26-40-43(29-18-12-9-13-19-29,30-20-14-10-15-21-30)31-22-16-11-17-23-31/h9-23,27-28,32-34H,24-26H2,1-8H3/t27-,28?,32+,33+,34-/m1/s1. The third-order valence-electron chi connectivity index (χ3n) is 7.78. The van der Waals surface area contributed by atoms with Crippen LogP contribution in [0.4, 0.5) is 0 Å². The monoisotopic (exact) mass is 622 g/mol. The Bertz CT molecular complexity index is 1120. The molecule has 0 aromatic heterocycles. The SMILES string of the molecule is COC(=O)C(C)C[C@H](OC)[C@H](O[Si](C)(C)C)[C@H](C[C@@H](C)CO[Si](c1ccccc1)(c1ccccc1)c1ccccc1)OC. The van der Waals surface area contributed by atoms with Crippen LogP contribution in [0.15, 0.2) is 91.0 Å². The summed E-state index contributed by atoms with van der Waals surface area (Å²) >= 11 is 0. The first-order valence-electron chi connectivity index (χ1n) is 15.2. The zero-order chi connectivity index (χ0) is 31.5. The van der Waals surface area contributed by atoms with Crippen LogP contribution in [-0.4, -0.2) is 68.9 Å². The molecule has 0 aliphatic rings. The number of methoxy groups -OCH3 is 3. The minimum absolute atomic E-state index is 0.149. The lowest BCUT2D eigenvalue weighted by Gasteiger charge is -2.39. The molecule has 0 fully saturated rings. The van der Waals surface area contributed by atoms with Gasteiger partial charge in [0, 0.05) is 20.8 Å². The number of carbonyl (C=O) groups is 1. The molecule has 6 nitrogen and oxygen atoms in total. The van der Waals surface area contributed by atoms with Gasteiger partial charge >= 0.3 is 5.97 Å². The van der Waals surface area contributed by atoms with Crippen molar-refractivity contribution in [3.05, 3.63) is 91.0 Å². The zero-order valence-corrected chi connectivity index (χ0v) is 29.1. The van der Waals surface area contributed by atoms with Crippen molar-refractivity contribution < 1.29 is 27.9 Å². The van der Waals surface area contributed by atoms with Gasteiger partial charge in [-0.2, -0.15) is 0 Å². The Hall–Kier alpha value is -2.60. The van der Waals surface area contributed by atoms with Crippen LogP contribution < -0.4 is 15.6 Å². The van der Waals surface area contributed by atoms with Crippen LogP contribution in [0.25, 0.3) is 0 Å². The number of benzene rings is 3. The van der Waals surface area contributed by atoms with E-state index in [9.17, 15) is 4.79 Å². The third-order valence-corrected chi connectivity index (χ3v) is 12.8. The van der Waals surface area contributed by atoms with Gasteiger partial charge in [-0.3, -0.25) is 4.79 Å². The Morgan fingerprint density at radius 3 is 1.47 bits per heavy atom. The van der Waals surface area contributed by atoms with Crippen molar-refractivity contribution in [3.8, 4) is 0 Å². The first-order valence-corrected chi connectivity index (χ1v) is 20.5. The molecule has 0 saturated carbocycles. The highest BCUT2D eigenvalue weighted by Gasteiger charge is 2.43. The number of ether oxygens (including phenoxy) is 3. The molecule has 0 aliphatic carbocycles. The van der Waals surface area contributed by atoms with Crippen LogP contribution >= 0.6 is 0 Å². The highest BCUT2D eigenvalue weighted by molar-refractivity contribution is 7.07. The van der Waals surface area contributed by atoms with Gasteiger partial charge in [0.25, 0.3) is 8.32 Å². The second-order valence-corrected chi connectivity index (χ2v) is 20.2. The van der Waals surface area contributed by atoms with Crippen LogP contribution in [-0.2, 0) is 27.9 Å². The summed E-state index contributed by atoms with van der Waals surface area (Å²) in [5, 5.41) is 3.62. The molecule has 0 radical (unpaired) electrons. The number of hydrogen-bond acceptors (Lipinski definition) is 6. The summed E-state index contributed by atoms with van der Waals surface area (Å²) in [5.41, 5.74) is 0. The zero-order valence-electron chi connectivity index (χ0n) is 27.1. The number of hydrogen-bond donors (Lipinski definition) is 0. The van der Waals surface area contributed by atoms with Gasteiger partial charge in [-0.1, -0.05) is 105 Å². The van der Waals surface area contributed by atoms with Gasteiger partial charge in [-0.15, -0.1) is 0 Å². The first kappa shape index (κ1) is 34.9. The normalized spacial score (nSPS) is 15.7. The summed E-state index contributed by atoms with van der Waals surface area (Å²) in [4.78, 5) is 12.3. The van der Waals surface area contributed by atoms with Crippen LogP contribution in [0.1, 0.15) is 26.7 Å². The molecule has 43 heavy (non-hydrogen) atoms. The highest BCUT2D eigenvalue weighted by Crippen LogP contribution is 2.27. The largest absolute Gasteiger partial charge is 0.469 e. The number of carbonyl (C=O) groups excluding carboxylic acids is 1. The minimum Gasteiger partial charge on any atom is -0.469 e. The molecule has 3 aromatic rings. The van der Waals surface area contributed by atoms with Gasteiger partial charge in [0.15, 0.2) is 8.32 Å².